The first-order chi connectivity index (χ1) is 9.46. The van der Waals surface area contributed by atoms with Crippen LogP contribution in [0.4, 0.5) is 16.2 Å². The fraction of sp³-hybridized carbons (Fsp3) is 0.562. The van der Waals surface area contributed by atoms with Crippen molar-refractivity contribution in [2.75, 3.05) is 23.3 Å². The average Bonchev–Trinajstić information content (AvgIpc) is 2.38. The lowest BCUT2D eigenvalue weighted by Crippen LogP contribution is -2.31. The van der Waals surface area contributed by atoms with Gasteiger partial charge in [0.1, 0.15) is 5.60 Å². The van der Waals surface area contributed by atoms with Crippen molar-refractivity contribution in [2.45, 2.75) is 45.6 Å². The maximum Gasteiger partial charge on any atom is 0.412 e. The zero-order valence-corrected chi connectivity index (χ0v) is 12.6. The second-order valence-corrected chi connectivity index (χ2v) is 6.19. The number of nitrogens with one attached hydrogen (secondary N) is 1. The van der Waals surface area contributed by atoms with Gasteiger partial charge in [0.2, 0.25) is 0 Å². The molecule has 0 aliphatic carbocycles. The molecule has 0 bridgehead atoms. The number of hydrogen-bond donors (Lipinski definition) is 1. The minimum absolute atomic E-state index is 0.401. The van der Waals surface area contributed by atoms with Crippen LogP contribution in [0.3, 0.4) is 0 Å². The van der Waals surface area contributed by atoms with Crippen LogP contribution in [0, 0.1) is 0 Å². The van der Waals surface area contributed by atoms with Crippen molar-refractivity contribution in [2.24, 2.45) is 0 Å². The van der Waals surface area contributed by atoms with Crippen molar-refractivity contribution >= 4 is 17.5 Å². The second kappa shape index (κ2) is 6.16. The molecule has 0 saturated carbocycles. The summed E-state index contributed by atoms with van der Waals surface area (Å²) in [5.41, 5.74) is 1.42. The molecule has 0 spiro atoms. The standard InChI is InChI=1S/C16H24N2O2/c1-16(2,3)20-15(19)17-13-9-5-6-10-14(13)18-11-7-4-8-12-18/h5-6,9-10H,4,7-8,11-12H2,1-3H3,(H,17,19). The summed E-state index contributed by atoms with van der Waals surface area (Å²) in [6.45, 7) is 7.69. The predicted molar refractivity (Wildman–Crippen MR) is 82.4 cm³/mol. The Kier molecular flexibility index (Phi) is 4.53. The normalized spacial score (nSPS) is 15.8. The third kappa shape index (κ3) is 4.15. The summed E-state index contributed by atoms with van der Waals surface area (Å²) in [6.07, 6.45) is 3.31. The lowest BCUT2D eigenvalue weighted by atomic mass is 10.1. The van der Waals surface area contributed by atoms with Crippen LogP contribution in [0.5, 0.6) is 0 Å². The lowest BCUT2D eigenvalue weighted by molar-refractivity contribution is 0.0636. The minimum atomic E-state index is -0.482. The molecule has 1 saturated heterocycles. The van der Waals surface area contributed by atoms with Gasteiger partial charge in [-0.3, -0.25) is 5.32 Å². The van der Waals surface area contributed by atoms with E-state index in [1.54, 1.807) is 0 Å². The minimum Gasteiger partial charge on any atom is -0.444 e. The lowest BCUT2D eigenvalue weighted by Gasteiger charge is -2.30. The predicted octanol–water partition coefficient (Wildman–Crippen LogP) is 4.02. The van der Waals surface area contributed by atoms with Crippen molar-refractivity contribution < 1.29 is 9.53 Å². The number of para-hydroxylation sites is 2. The van der Waals surface area contributed by atoms with Crippen molar-refractivity contribution in [3.8, 4) is 0 Å². The van der Waals surface area contributed by atoms with Crippen LogP contribution in [-0.2, 0) is 4.74 Å². The Bertz CT molecular complexity index is 460. The van der Waals surface area contributed by atoms with Crippen molar-refractivity contribution in [3.05, 3.63) is 24.3 Å². The fourth-order valence-corrected chi connectivity index (χ4v) is 2.40. The largest absolute Gasteiger partial charge is 0.444 e. The molecule has 1 aliphatic heterocycles. The van der Waals surface area contributed by atoms with E-state index in [4.69, 9.17) is 4.74 Å². The Hall–Kier alpha value is -1.71. The fourth-order valence-electron chi connectivity index (χ4n) is 2.40. The molecule has 1 amide bonds. The maximum absolute atomic E-state index is 11.9. The van der Waals surface area contributed by atoms with Gasteiger partial charge < -0.3 is 9.64 Å². The maximum atomic E-state index is 11.9. The van der Waals surface area contributed by atoms with E-state index in [1.165, 1.54) is 19.3 Å². The molecule has 20 heavy (non-hydrogen) atoms. The van der Waals surface area contributed by atoms with Gasteiger partial charge in [-0.25, -0.2) is 4.79 Å². The van der Waals surface area contributed by atoms with Gasteiger partial charge >= 0.3 is 6.09 Å². The summed E-state index contributed by atoms with van der Waals surface area (Å²) in [7, 11) is 0. The molecule has 1 N–H and O–H groups in total. The molecule has 110 valence electrons. The van der Waals surface area contributed by atoms with Gasteiger partial charge in [-0.2, -0.15) is 0 Å². The number of hydrogen-bond acceptors (Lipinski definition) is 3. The zero-order chi connectivity index (χ0) is 14.6. The van der Waals surface area contributed by atoms with Gasteiger partial charge in [-0.15, -0.1) is 0 Å². The van der Waals surface area contributed by atoms with Crippen LogP contribution in [0.1, 0.15) is 40.0 Å². The number of nitrogens with zero attached hydrogens (tertiary/aromatic N) is 1. The van der Waals surface area contributed by atoms with E-state index >= 15 is 0 Å². The van der Waals surface area contributed by atoms with Crippen LogP contribution in [0.25, 0.3) is 0 Å². The molecule has 2 rings (SSSR count). The van der Waals surface area contributed by atoms with Gasteiger partial charge in [-0.1, -0.05) is 12.1 Å². The Morgan fingerprint density at radius 3 is 2.45 bits per heavy atom. The van der Waals surface area contributed by atoms with Crippen molar-refractivity contribution in [1.29, 1.82) is 0 Å². The number of ether oxygens (including phenoxy) is 1. The highest BCUT2D eigenvalue weighted by Crippen LogP contribution is 2.28. The number of piperidine rings is 1. The summed E-state index contributed by atoms with van der Waals surface area (Å²) >= 11 is 0. The number of carbonyl (C=O) groups is 1. The average molecular weight is 276 g/mol. The molecule has 4 heteroatoms. The quantitative estimate of drug-likeness (QED) is 0.887. The molecule has 1 aliphatic rings. The topological polar surface area (TPSA) is 41.6 Å². The first kappa shape index (κ1) is 14.7. The van der Waals surface area contributed by atoms with E-state index in [9.17, 15) is 4.79 Å². The summed E-state index contributed by atoms with van der Waals surface area (Å²) in [5.74, 6) is 0. The Morgan fingerprint density at radius 1 is 1.15 bits per heavy atom. The van der Waals surface area contributed by atoms with Crippen LogP contribution >= 0.6 is 0 Å². The molecule has 0 unspecified atom stereocenters. The molecule has 4 nitrogen and oxygen atoms in total. The third-order valence-corrected chi connectivity index (χ3v) is 3.24. The Labute approximate surface area is 121 Å². The Morgan fingerprint density at radius 2 is 1.80 bits per heavy atom. The van der Waals surface area contributed by atoms with Gasteiger partial charge in [0.05, 0.1) is 11.4 Å². The van der Waals surface area contributed by atoms with Gasteiger partial charge in [0.25, 0.3) is 0 Å². The number of benzene rings is 1. The number of amides is 1. The van der Waals surface area contributed by atoms with Crippen molar-refractivity contribution in [3.63, 3.8) is 0 Å². The highest BCUT2D eigenvalue weighted by atomic mass is 16.6. The smallest absolute Gasteiger partial charge is 0.412 e. The number of anilines is 2. The highest BCUT2D eigenvalue weighted by molar-refractivity contribution is 5.89. The SMILES string of the molecule is CC(C)(C)OC(=O)Nc1ccccc1N1CCCCC1. The molecule has 0 atom stereocenters. The van der Waals surface area contributed by atoms with E-state index in [-0.39, 0.29) is 0 Å². The summed E-state index contributed by atoms with van der Waals surface area (Å²) in [5, 5.41) is 2.86. The van der Waals surface area contributed by atoms with Crippen molar-refractivity contribution in [1.82, 2.24) is 0 Å². The van der Waals surface area contributed by atoms with E-state index < -0.39 is 11.7 Å². The second-order valence-electron chi connectivity index (χ2n) is 6.19. The first-order valence-electron chi connectivity index (χ1n) is 7.30. The monoisotopic (exact) mass is 276 g/mol. The summed E-state index contributed by atoms with van der Waals surface area (Å²) in [4.78, 5) is 14.2. The Balaban J connectivity index is 2.09. The molecule has 0 aromatic heterocycles. The van der Waals surface area contributed by atoms with Crippen LogP contribution < -0.4 is 10.2 Å². The molecule has 1 heterocycles. The zero-order valence-electron chi connectivity index (χ0n) is 12.6. The van der Waals surface area contributed by atoms with E-state index in [0.29, 0.717) is 0 Å². The van der Waals surface area contributed by atoms with E-state index in [1.807, 2.05) is 39.0 Å². The molecule has 0 radical (unpaired) electrons. The van der Waals surface area contributed by atoms with Gasteiger partial charge in [-0.05, 0) is 52.2 Å². The number of carbonyl (C=O) groups excluding carboxylic acids is 1. The number of rotatable bonds is 2. The van der Waals surface area contributed by atoms with Crippen LogP contribution in [-0.4, -0.2) is 24.8 Å². The molecule has 1 aromatic carbocycles. The summed E-state index contributed by atoms with van der Waals surface area (Å²) < 4.78 is 5.32. The molecular weight excluding hydrogens is 252 g/mol. The third-order valence-electron chi connectivity index (χ3n) is 3.24. The summed E-state index contributed by atoms with van der Waals surface area (Å²) in [6, 6.07) is 7.91. The van der Waals surface area contributed by atoms with Crippen LogP contribution in [0.2, 0.25) is 0 Å². The highest BCUT2D eigenvalue weighted by Gasteiger charge is 2.19. The van der Waals surface area contributed by atoms with E-state index in [2.05, 4.69) is 16.3 Å². The van der Waals surface area contributed by atoms with Gasteiger partial charge in [0, 0.05) is 13.1 Å². The molecule has 1 fully saturated rings. The first-order valence-corrected chi connectivity index (χ1v) is 7.30. The van der Waals surface area contributed by atoms with Crippen LogP contribution in [0.15, 0.2) is 24.3 Å². The van der Waals surface area contributed by atoms with E-state index in [0.717, 1.165) is 24.5 Å². The van der Waals surface area contributed by atoms with Gasteiger partial charge in [0.15, 0.2) is 0 Å². The molecule has 1 aromatic rings. The molecular formula is C16H24N2O2.